The first-order chi connectivity index (χ1) is 10.5. The SMILES string of the molecule is CCCCc1c(C)c(C)cc2[nH]c3nc(=O)[nH]c(=O)c-3nc12. The molecule has 0 fully saturated rings. The van der Waals surface area contributed by atoms with E-state index in [1.807, 2.05) is 13.0 Å². The second-order valence-corrected chi connectivity index (χ2v) is 5.60. The maximum atomic E-state index is 11.9. The van der Waals surface area contributed by atoms with Gasteiger partial charge in [-0.3, -0.25) is 9.78 Å². The lowest BCUT2D eigenvalue weighted by Gasteiger charge is -2.14. The number of rotatable bonds is 3. The van der Waals surface area contributed by atoms with Crippen LogP contribution in [0.5, 0.6) is 0 Å². The van der Waals surface area contributed by atoms with Gasteiger partial charge in [-0.15, -0.1) is 0 Å². The zero-order chi connectivity index (χ0) is 15.9. The number of H-pyrrole nitrogens is 2. The molecule has 0 radical (unpaired) electrons. The number of nitrogens with zero attached hydrogens (tertiary/aromatic N) is 2. The Kier molecular flexibility index (Phi) is 3.52. The van der Waals surface area contributed by atoms with E-state index in [0.29, 0.717) is 0 Å². The van der Waals surface area contributed by atoms with Crippen molar-refractivity contribution in [2.45, 2.75) is 40.0 Å². The quantitative estimate of drug-likeness (QED) is 0.724. The minimum atomic E-state index is -0.662. The number of fused-ring (bicyclic) bond motifs is 2. The summed E-state index contributed by atoms with van der Waals surface area (Å²) in [4.78, 5) is 36.8. The van der Waals surface area contributed by atoms with Gasteiger partial charge >= 0.3 is 5.69 Å². The van der Waals surface area contributed by atoms with Crippen LogP contribution in [-0.2, 0) is 6.42 Å². The predicted molar refractivity (Wildman–Crippen MR) is 85.5 cm³/mol. The fourth-order valence-corrected chi connectivity index (χ4v) is 2.73. The zero-order valence-corrected chi connectivity index (χ0v) is 12.9. The number of hydrogen-bond acceptors (Lipinski definition) is 4. The minimum absolute atomic E-state index is 0.174. The molecular weight excluding hydrogens is 280 g/mol. The normalized spacial score (nSPS) is 11.4. The van der Waals surface area contributed by atoms with Crippen LogP contribution in [0.4, 0.5) is 0 Å². The molecule has 114 valence electrons. The lowest BCUT2D eigenvalue weighted by Crippen LogP contribution is -2.26. The first-order valence-electron chi connectivity index (χ1n) is 7.44. The highest BCUT2D eigenvalue weighted by Gasteiger charge is 2.16. The van der Waals surface area contributed by atoms with Crippen LogP contribution in [0.2, 0.25) is 0 Å². The van der Waals surface area contributed by atoms with Gasteiger partial charge in [-0.1, -0.05) is 13.3 Å². The third-order valence-electron chi connectivity index (χ3n) is 4.08. The molecule has 1 aromatic rings. The molecule has 0 aliphatic carbocycles. The molecule has 0 unspecified atom stereocenters. The summed E-state index contributed by atoms with van der Waals surface area (Å²) < 4.78 is 0. The Bertz CT molecular complexity index is 939. The Balaban J connectivity index is 2.41. The van der Waals surface area contributed by atoms with Crippen molar-refractivity contribution in [1.29, 1.82) is 0 Å². The molecule has 0 bridgehead atoms. The van der Waals surface area contributed by atoms with Crippen LogP contribution in [0.15, 0.2) is 15.7 Å². The van der Waals surface area contributed by atoms with Gasteiger partial charge in [-0.2, -0.15) is 4.98 Å². The van der Waals surface area contributed by atoms with Gasteiger partial charge in [0, 0.05) is 0 Å². The van der Waals surface area contributed by atoms with Crippen LogP contribution in [0.3, 0.4) is 0 Å². The monoisotopic (exact) mass is 298 g/mol. The van der Waals surface area contributed by atoms with Gasteiger partial charge in [0.05, 0.1) is 11.0 Å². The highest BCUT2D eigenvalue weighted by Crippen LogP contribution is 2.26. The largest absolute Gasteiger partial charge is 0.349 e. The van der Waals surface area contributed by atoms with E-state index in [4.69, 9.17) is 0 Å². The predicted octanol–water partition coefficient (Wildman–Crippen LogP) is 2.07. The van der Waals surface area contributed by atoms with E-state index < -0.39 is 11.2 Å². The van der Waals surface area contributed by atoms with Gasteiger partial charge in [0.2, 0.25) is 0 Å². The summed E-state index contributed by atoms with van der Waals surface area (Å²) in [6, 6.07) is 1.99. The van der Waals surface area contributed by atoms with E-state index in [1.165, 1.54) is 5.56 Å². The Morgan fingerprint density at radius 3 is 2.64 bits per heavy atom. The maximum Gasteiger partial charge on any atom is 0.349 e. The molecule has 2 aliphatic rings. The molecule has 0 atom stereocenters. The number of unbranched alkanes of at least 4 members (excludes halogenated alkanes) is 1. The Labute approximate surface area is 127 Å². The van der Waals surface area contributed by atoms with Crippen LogP contribution >= 0.6 is 0 Å². The molecule has 2 N–H and O–H groups in total. The van der Waals surface area contributed by atoms with E-state index in [-0.39, 0.29) is 11.5 Å². The third-order valence-corrected chi connectivity index (χ3v) is 4.08. The van der Waals surface area contributed by atoms with E-state index in [1.54, 1.807) is 0 Å². The number of aryl methyl sites for hydroxylation is 2. The topological polar surface area (TPSA) is 91.5 Å². The van der Waals surface area contributed by atoms with Crippen LogP contribution in [0, 0.1) is 13.8 Å². The standard InChI is InChI=1S/C16H18N4O2/c1-4-5-6-10-9(3)8(2)7-11-12(10)18-13-14(17-11)19-16(22)20-15(13)21/h7H,4-6H2,1-3H3,(H2,17,19,20,21,22). The lowest BCUT2D eigenvalue weighted by molar-refractivity contribution is 0.793. The van der Waals surface area contributed by atoms with Crippen molar-refractivity contribution in [2.75, 3.05) is 0 Å². The van der Waals surface area contributed by atoms with Gasteiger partial charge in [0.1, 0.15) is 0 Å². The van der Waals surface area contributed by atoms with Crippen molar-refractivity contribution < 1.29 is 0 Å². The van der Waals surface area contributed by atoms with Crippen LogP contribution < -0.4 is 11.2 Å². The van der Waals surface area contributed by atoms with Crippen molar-refractivity contribution in [1.82, 2.24) is 19.9 Å². The second kappa shape index (κ2) is 5.36. The van der Waals surface area contributed by atoms with Gasteiger partial charge < -0.3 is 4.98 Å². The molecule has 0 saturated carbocycles. The van der Waals surface area contributed by atoms with Crippen LogP contribution in [0.25, 0.3) is 22.6 Å². The summed E-state index contributed by atoms with van der Waals surface area (Å²) in [6.07, 6.45) is 3.07. The molecule has 0 amide bonds. The number of benzene rings is 1. The van der Waals surface area contributed by atoms with Gasteiger partial charge in [0.15, 0.2) is 11.5 Å². The Morgan fingerprint density at radius 1 is 1.14 bits per heavy atom. The first-order valence-corrected chi connectivity index (χ1v) is 7.44. The molecule has 2 heterocycles. The lowest BCUT2D eigenvalue weighted by atomic mass is 9.96. The van der Waals surface area contributed by atoms with Crippen molar-refractivity contribution in [3.8, 4) is 11.5 Å². The van der Waals surface area contributed by atoms with Crippen molar-refractivity contribution in [3.63, 3.8) is 0 Å². The number of hydrogen-bond donors (Lipinski definition) is 2. The van der Waals surface area contributed by atoms with Crippen LogP contribution in [-0.4, -0.2) is 19.9 Å². The molecule has 0 aromatic heterocycles. The number of aromatic nitrogens is 4. The summed E-state index contributed by atoms with van der Waals surface area (Å²) in [5.74, 6) is 0.228. The molecular formula is C16H18N4O2. The second-order valence-electron chi connectivity index (χ2n) is 5.60. The summed E-state index contributed by atoms with van der Waals surface area (Å²) in [5.41, 5.74) is 4.11. The fourth-order valence-electron chi connectivity index (χ4n) is 2.73. The van der Waals surface area contributed by atoms with Crippen molar-refractivity contribution >= 4 is 11.0 Å². The van der Waals surface area contributed by atoms with Crippen molar-refractivity contribution in [3.05, 3.63) is 43.6 Å². The van der Waals surface area contributed by atoms with E-state index >= 15 is 0 Å². The summed E-state index contributed by atoms with van der Waals surface area (Å²) in [5, 5.41) is 0. The maximum absolute atomic E-state index is 11.9. The molecule has 6 heteroatoms. The van der Waals surface area contributed by atoms with Gasteiger partial charge in [-0.25, -0.2) is 9.78 Å². The fraction of sp³-hybridized carbons (Fsp3) is 0.375. The third kappa shape index (κ3) is 2.30. The summed E-state index contributed by atoms with van der Waals surface area (Å²) in [7, 11) is 0. The average molecular weight is 298 g/mol. The molecule has 0 saturated heterocycles. The molecule has 22 heavy (non-hydrogen) atoms. The molecule has 0 spiro atoms. The van der Waals surface area contributed by atoms with E-state index in [9.17, 15) is 9.59 Å². The number of nitrogens with one attached hydrogen (secondary N) is 2. The number of aromatic amines is 2. The highest BCUT2D eigenvalue weighted by molar-refractivity contribution is 5.83. The Hall–Kier alpha value is -2.50. The molecule has 6 nitrogen and oxygen atoms in total. The van der Waals surface area contributed by atoms with Gasteiger partial charge in [-0.05, 0) is 49.4 Å². The molecule has 3 rings (SSSR count). The average Bonchev–Trinajstić information content (AvgIpc) is 2.46. The van der Waals surface area contributed by atoms with E-state index in [2.05, 4.69) is 33.8 Å². The zero-order valence-electron chi connectivity index (χ0n) is 12.9. The first kappa shape index (κ1) is 14.4. The minimum Gasteiger partial charge on any atom is -0.336 e. The van der Waals surface area contributed by atoms with E-state index in [0.717, 1.165) is 41.4 Å². The molecule has 1 aromatic carbocycles. The van der Waals surface area contributed by atoms with Crippen LogP contribution in [0.1, 0.15) is 36.5 Å². The summed E-state index contributed by atoms with van der Waals surface area (Å²) in [6.45, 7) is 6.27. The smallest absolute Gasteiger partial charge is 0.336 e. The summed E-state index contributed by atoms with van der Waals surface area (Å²) >= 11 is 0. The highest BCUT2D eigenvalue weighted by atomic mass is 16.2. The van der Waals surface area contributed by atoms with Crippen molar-refractivity contribution in [2.24, 2.45) is 0 Å². The van der Waals surface area contributed by atoms with Gasteiger partial charge in [0.25, 0.3) is 5.56 Å². The molecule has 2 aliphatic heterocycles. The Morgan fingerprint density at radius 2 is 1.91 bits per heavy atom.